The molecular formula is C39H52N6O5S. The number of aromatic nitrogens is 2. The van der Waals surface area contributed by atoms with E-state index in [-0.39, 0.29) is 42.6 Å². The van der Waals surface area contributed by atoms with Crippen LogP contribution in [0.4, 0.5) is 5.69 Å². The highest BCUT2D eigenvalue weighted by Crippen LogP contribution is 2.32. The third-order valence-corrected chi connectivity index (χ3v) is 12.2. The first-order valence-corrected chi connectivity index (χ1v) is 19.2. The first-order chi connectivity index (χ1) is 24.4. The number of carbonyl (C=O) groups is 3. The Hall–Kier alpha value is -3.71. The number of benzene rings is 1. The van der Waals surface area contributed by atoms with Crippen molar-refractivity contribution in [3.8, 4) is 11.4 Å². The molecule has 11 nitrogen and oxygen atoms in total. The molecule has 3 amide bonds. The second-order valence-electron chi connectivity index (χ2n) is 15.5. The van der Waals surface area contributed by atoms with Gasteiger partial charge in [0, 0.05) is 55.0 Å². The summed E-state index contributed by atoms with van der Waals surface area (Å²) >= 11 is 1.42. The van der Waals surface area contributed by atoms with Crippen molar-refractivity contribution in [3.63, 3.8) is 0 Å². The van der Waals surface area contributed by atoms with Gasteiger partial charge in [0.1, 0.15) is 6.04 Å². The zero-order chi connectivity index (χ0) is 36.3. The van der Waals surface area contributed by atoms with E-state index in [9.17, 15) is 24.6 Å². The largest absolute Gasteiger partial charge is 0.368 e. The van der Waals surface area contributed by atoms with Gasteiger partial charge in [0.15, 0.2) is 12.1 Å². The molecule has 274 valence electrons. The van der Waals surface area contributed by atoms with Gasteiger partial charge in [-0.15, -0.1) is 11.3 Å². The number of nitrogens with one attached hydrogen (secondary N) is 1. The fourth-order valence-corrected chi connectivity index (χ4v) is 8.48. The highest BCUT2D eigenvalue weighted by Gasteiger charge is 2.38. The van der Waals surface area contributed by atoms with E-state index in [1.165, 1.54) is 49.9 Å². The van der Waals surface area contributed by atoms with Gasteiger partial charge in [-0.25, -0.2) is 9.97 Å². The first-order valence-electron chi connectivity index (χ1n) is 18.4. The molecule has 1 aliphatic carbocycles. The maximum atomic E-state index is 13.5. The Bertz CT molecular complexity index is 1660. The van der Waals surface area contributed by atoms with E-state index in [2.05, 4.69) is 47.9 Å². The number of piperazine rings is 1. The third kappa shape index (κ3) is 8.85. The number of likely N-dealkylation sites (tertiary alicyclic amines) is 1. The number of rotatable bonds is 11. The van der Waals surface area contributed by atoms with Gasteiger partial charge in [-0.2, -0.15) is 0 Å². The quantitative estimate of drug-likeness (QED) is 0.245. The van der Waals surface area contributed by atoms with E-state index in [0.29, 0.717) is 35.5 Å². The maximum absolute atomic E-state index is 13.5. The second-order valence-corrected chi connectivity index (χ2v) is 16.6. The molecule has 6 rings (SSSR count). The standard InChI is InChI=1S/C39H52N6O5S/c1-5-6-25-9-13-29(14-10-25)43-17-18-45(34(46)24-43)30-20-40-35(41-21-30)27-11-7-26(8-12-27)19-31(37(48)44-22-28(23-44)38(49)50)42-36(47)32-15-16-33(51-32)39(2,3)4/h7-8,11-12,15-16,20-21,25,28-29,31,38,49-50H,5-6,9-10,13-14,17-19,22-24H2,1-4H3,(H,42,47)/t25-,29-,31?. The van der Waals surface area contributed by atoms with Crippen molar-refractivity contribution in [2.24, 2.45) is 11.8 Å². The molecule has 2 saturated heterocycles. The molecule has 3 aliphatic rings. The summed E-state index contributed by atoms with van der Waals surface area (Å²) < 4.78 is 0. The molecule has 1 atom stereocenters. The molecule has 1 unspecified atom stereocenters. The van der Waals surface area contributed by atoms with Crippen LogP contribution in [0.15, 0.2) is 48.8 Å². The fraction of sp³-hybridized carbons (Fsp3) is 0.564. The number of amides is 3. The Morgan fingerprint density at radius 1 is 0.980 bits per heavy atom. The van der Waals surface area contributed by atoms with Crippen molar-refractivity contribution < 1.29 is 24.6 Å². The van der Waals surface area contributed by atoms with Crippen LogP contribution in [-0.4, -0.2) is 98.8 Å². The van der Waals surface area contributed by atoms with E-state index in [1.54, 1.807) is 28.3 Å². The average molecular weight is 717 g/mol. The minimum absolute atomic E-state index is 0.0869. The summed E-state index contributed by atoms with van der Waals surface area (Å²) in [6, 6.07) is 11.0. The van der Waals surface area contributed by atoms with E-state index in [1.807, 2.05) is 30.3 Å². The lowest BCUT2D eigenvalue weighted by Gasteiger charge is -2.41. The Morgan fingerprint density at radius 3 is 2.25 bits per heavy atom. The predicted octanol–water partition coefficient (Wildman–Crippen LogP) is 4.62. The summed E-state index contributed by atoms with van der Waals surface area (Å²) in [5, 5.41) is 22.0. The highest BCUT2D eigenvalue weighted by atomic mass is 32.1. The van der Waals surface area contributed by atoms with Crippen LogP contribution in [0.1, 0.15) is 86.3 Å². The van der Waals surface area contributed by atoms with Crippen LogP contribution in [0.5, 0.6) is 0 Å². The van der Waals surface area contributed by atoms with Crippen molar-refractivity contribution in [3.05, 3.63) is 64.1 Å². The lowest BCUT2D eigenvalue weighted by Crippen LogP contribution is -2.59. The Kier molecular flexibility index (Phi) is 11.5. The second kappa shape index (κ2) is 15.9. The number of carbonyl (C=O) groups excluding carboxylic acids is 3. The van der Waals surface area contributed by atoms with Crippen molar-refractivity contribution in [1.29, 1.82) is 0 Å². The fourth-order valence-electron chi connectivity index (χ4n) is 7.51. The molecule has 3 N–H and O–H groups in total. The summed E-state index contributed by atoms with van der Waals surface area (Å²) in [4.78, 5) is 56.6. The van der Waals surface area contributed by atoms with Gasteiger partial charge in [0.2, 0.25) is 11.8 Å². The van der Waals surface area contributed by atoms with Crippen LogP contribution in [0.3, 0.4) is 0 Å². The molecule has 3 aromatic rings. The summed E-state index contributed by atoms with van der Waals surface area (Å²) in [5.74, 6) is 0.492. The third-order valence-electron chi connectivity index (χ3n) is 10.7. The summed E-state index contributed by atoms with van der Waals surface area (Å²) in [5.41, 5.74) is 2.24. The average Bonchev–Trinajstić information content (AvgIpc) is 3.60. The van der Waals surface area contributed by atoms with Crippen LogP contribution in [0.25, 0.3) is 11.4 Å². The van der Waals surface area contributed by atoms with E-state index < -0.39 is 18.2 Å². The molecule has 2 aliphatic heterocycles. The molecule has 1 saturated carbocycles. The molecule has 0 bridgehead atoms. The zero-order valence-corrected chi connectivity index (χ0v) is 31.1. The van der Waals surface area contributed by atoms with Crippen molar-refractivity contribution >= 4 is 34.7 Å². The number of aliphatic hydroxyl groups excluding tert-OH is 1. The lowest BCUT2D eigenvalue weighted by atomic mass is 9.83. The van der Waals surface area contributed by atoms with Crippen LogP contribution in [0.2, 0.25) is 0 Å². The number of aliphatic hydroxyl groups is 2. The van der Waals surface area contributed by atoms with Gasteiger partial charge < -0.3 is 25.3 Å². The molecule has 0 radical (unpaired) electrons. The Morgan fingerprint density at radius 2 is 1.67 bits per heavy atom. The number of hydrogen-bond donors (Lipinski definition) is 3. The van der Waals surface area contributed by atoms with Gasteiger partial charge in [0.05, 0.1) is 29.5 Å². The monoisotopic (exact) mass is 716 g/mol. The topological polar surface area (TPSA) is 139 Å². The van der Waals surface area contributed by atoms with E-state index in [4.69, 9.17) is 0 Å². The highest BCUT2D eigenvalue weighted by molar-refractivity contribution is 7.14. The van der Waals surface area contributed by atoms with Crippen LogP contribution in [-0.2, 0) is 21.4 Å². The summed E-state index contributed by atoms with van der Waals surface area (Å²) in [6.45, 7) is 10.9. The number of nitrogens with zero attached hydrogens (tertiary/aromatic N) is 5. The summed E-state index contributed by atoms with van der Waals surface area (Å²) in [7, 11) is 0. The normalized spacial score (nSPS) is 21.1. The first kappa shape index (κ1) is 37.1. The van der Waals surface area contributed by atoms with Gasteiger partial charge in [0.25, 0.3) is 5.91 Å². The smallest absolute Gasteiger partial charge is 0.262 e. The minimum Gasteiger partial charge on any atom is -0.368 e. The Labute approximate surface area is 305 Å². The molecule has 2 aromatic heterocycles. The van der Waals surface area contributed by atoms with Gasteiger partial charge >= 0.3 is 0 Å². The van der Waals surface area contributed by atoms with Crippen molar-refractivity contribution in [1.82, 2.24) is 25.1 Å². The van der Waals surface area contributed by atoms with E-state index >= 15 is 0 Å². The predicted molar refractivity (Wildman–Crippen MR) is 198 cm³/mol. The zero-order valence-electron chi connectivity index (χ0n) is 30.3. The number of anilines is 1. The van der Waals surface area contributed by atoms with Gasteiger partial charge in [-0.05, 0) is 54.7 Å². The minimum atomic E-state index is -1.48. The van der Waals surface area contributed by atoms with Gasteiger partial charge in [-0.1, -0.05) is 64.8 Å². The maximum Gasteiger partial charge on any atom is 0.262 e. The molecule has 1 aromatic carbocycles. The SMILES string of the molecule is CCC[C@H]1CC[C@H](N2CCN(c3cnc(-c4ccc(CC(NC(=O)c5ccc(C(C)(C)C)s5)C(=O)N5CC(C(O)O)C5)cc4)nc3)C(=O)C2)CC1. The van der Waals surface area contributed by atoms with Crippen LogP contribution in [0, 0.1) is 11.8 Å². The summed E-state index contributed by atoms with van der Waals surface area (Å²) in [6.07, 6.45) is 9.66. The van der Waals surface area contributed by atoms with Crippen LogP contribution >= 0.6 is 11.3 Å². The van der Waals surface area contributed by atoms with Crippen LogP contribution < -0.4 is 10.2 Å². The van der Waals surface area contributed by atoms with Gasteiger partial charge in [-0.3, -0.25) is 19.3 Å². The molecule has 3 fully saturated rings. The molecular weight excluding hydrogens is 665 g/mol. The number of hydrogen-bond acceptors (Lipinski definition) is 9. The number of thiophene rings is 1. The van der Waals surface area contributed by atoms with Crippen molar-refractivity contribution in [2.45, 2.75) is 96.4 Å². The molecule has 0 spiro atoms. The lowest BCUT2D eigenvalue weighted by molar-refractivity contribution is -0.157. The molecule has 51 heavy (non-hydrogen) atoms. The Balaban J connectivity index is 1.07. The molecule has 12 heteroatoms. The van der Waals surface area contributed by atoms with E-state index in [0.717, 1.165) is 28.5 Å². The molecule has 4 heterocycles. The van der Waals surface area contributed by atoms with Crippen molar-refractivity contribution in [2.75, 3.05) is 37.6 Å².